The third-order valence-electron chi connectivity index (χ3n) is 4.23. The molecule has 3 aliphatic rings. The van der Waals surface area contributed by atoms with E-state index in [4.69, 9.17) is 4.74 Å². The van der Waals surface area contributed by atoms with Gasteiger partial charge in [0.25, 0.3) is 0 Å². The molecule has 0 radical (unpaired) electrons. The molecule has 2 aliphatic heterocycles. The van der Waals surface area contributed by atoms with Crippen LogP contribution in [-0.4, -0.2) is 37.2 Å². The van der Waals surface area contributed by atoms with E-state index in [1.807, 2.05) is 0 Å². The lowest BCUT2D eigenvalue weighted by Gasteiger charge is -2.30. The Labute approximate surface area is 80.2 Å². The zero-order valence-electron chi connectivity index (χ0n) is 8.57. The maximum atomic E-state index is 5.26. The van der Waals surface area contributed by atoms with Gasteiger partial charge in [-0.05, 0) is 31.6 Å². The minimum atomic E-state index is 0.756. The summed E-state index contributed by atoms with van der Waals surface area (Å²) in [4.78, 5) is 2.63. The standard InChI is InChI=1S/C11H19NO/c1-7(2)12-3-9-10(4-12)11(9)8-5-13-6-8/h7-11H,3-6H2,1-2H3. The monoisotopic (exact) mass is 181 g/mol. The van der Waals surface area contributed by atoms with E-state index in [1.54, 1.807) is 0 Å². The van der Waals surface area contributed by atoms with Crippen molar-refractivity contribution >= 4 is 0 Å². The molecule has 2 saturated heterocycles. The Morgan fingerprint density at radius 3 is 2.15 bits per heavy atom. The van der Waals surface area contributed by atoms with Gasteiger partial charge in [-0.25, -0.2) is 0 Å². The Morgan fingerprint density at radius 1 is 1.15 bits per heavy atom. The summed E-state index contributed by atoms with van der Waals surface area (Å²) >= 11 is 0. The lowest BCUT2D eigenvalue weighted by Crippen LogP contribution is -2.36. The van der Waals surface area contributed by atoms with E-state index in [-0.39, 0.29) is 0 Å². The second kappa shape index (κ2) is 2.71. The van der Waals surface area contributed by atoms with Crippen LogP contribution in [-0.2, 0) is 4.74 Å². The summed E-state index contributed by atoms with van der Waals surface area (Å²) in [6, 6.07) is 0.756. The van der Waals surface area contributed by atoms with Gasteiger partial charge in [-0.1, -0.05) is 0 Å². The van der Waals surface area contributed by atoms with Gasteiger partial charge in [-0.2, -0.15) is 0 Å². The van der Waals surface area contributed by atoms with Gasteiger partial charge in [0.05, 0.1) is 13.2 Å². The molecule has 0 amide bonds. The summed E-state index contributed by atoms with van der Waals surface area (Å²) in [7, 11) is 0. The molecule has 2 unspecified atom stereocenters. The third kappa shape index (κ3) is 1.15. The number of hydrogen-bond donors (Lipinski definition) is 0. The summed E-state index contributed by atoms with van der Waals surface area (Å²) in [5, 5.41) is 0. The molecule has 3 fully saturated rings. The van der Waals surface area contributed by atoms with E-state index < -0.39 is 0 Å². The lowest BCUT2D eigenvalue weighted by molar-refractivity contribution is -0.0503. The Bertz CT molecular complexity index is 200. The number of fused-ring (bicyclic) bond motifs is 1. The van der Waals surface area contributed by atoms with E-state index in [1.165, 1.54) is 13.1 Å². The Morgan fingerprint density at radius 2 is 1.77 bits per heavy atom. The molecule has 0 spiro atoms. The zero-order chi connectivity index (χ0) is 9.00. The van der Waals surface area contributed by atoms with Gasteiger partial charge in [0.2, 0.25) is 0 Å². The summed E-state index contributed by atoms with van der Waals surface area (Å²) in [5.41, 5.74) is 0. The van der Waals surface area contributed by atoms with Crippen molar-refractivity contribution in [1.29, 1.82) is 0 Å². The quantitative estimate of drug-likeness (QED) is 0.635. The van der Waals surface area contributed by atoms with Crippen LogP contribution in [0.5, 0.6) is 0 Å². The molecule has 2 heterocycles. The molecule has 2 nitrogen and oxygen atoms in total. The number of likely N-dealkylation sites (tertiary alicyclic amines) is 1. The molecule has 1 aliphatic carbocycles. The molecule has 74 valence electrons. The highest BCUT2D eigenvalue weighted by atomic mass is 16.5. The lowest BCUT2D eigenvalue weighted by atomic mass is 9.98. The van der Waals surface area contributed by atoms with Crippen LogP contribution in [0.3, 0.4) is 0 Å². The molecule has 2 heteroatoms. The van der Waals surface area contributed by atoms with Gasteiger partial charge >= 0.3 is 0 Å². The minimum absolute atomic E-state index is 0.756. The van der Waals surface area contributed by atoms with Crippen molar-refractivity contribution < 1.29 is 4.74 Å². The predicted octanol–water partition coefficient (Wildman–Crippen LogP) is 1.22. The predicted molar refractivity (Wildman–Crippen MR) is 51.5 cm³/mol. The van der Waals surface area contributed by atoms with Crippen LogP contribution >= 0.6 is 0 Å². The summed E-state index contributed by atoms with van der Waals surface area (Å²) in [5.74, 6) is 4.06. The fraction of sp³-hybridized carbons (Fsp3) is 1.00. The van der Waals surface area contributed by atoms with Crippen molar-refractivity contribution in [3.63, 3.8) is 0 Å². The Balaban J connectivity index is 1.55. The number of ether oxygens (including phenoxy) is 1. The zero-order valence-corrected chi connectivity index (χ0v) is 8.57. The Kier molecular flexibility index (Phi) is 1.72. The first kappa shape index (κ1) is 8.25. The molecule has 3 rings (SSSR count). The molecule has 0 aromatic heterocycles. The second-order valence-electron chi connectivity index (χ2n) is 5.25. The van der Waals surface area contributed by atoms with E-state index in [2.05, 4.69) is 18.7 Å². The van der Waals surface area contributed by atoms with Crippen LogP contribution in [0.2, 0.25) is 0 Å². The second-order valence-corrected chi connectivity index (χ2v) is 5.25. The van der Waals surface area contributed by atoms with Gasteiger partial charge in [-0.3, -0.25) is 0 Å². The first-order valence-corrected chi connectivity index (χ1v) is 5.59. The molecule has 13 heavy (non-hydrogen) atoms. The summed E-state index contributed by atoms with van der Waals surface area (Å²) in [6.45, 7) is 9.46. The van der Waals surface area contributed by atoms with Crippen LogP contribution < -0.4 is 0 Å². The SMILES string of the molecule is CC(C)N1CC2C(C1)C2C1COC1. The Hall–Kier alpha value is -0.0800. The largest absolute Gasteiger partial charge is 0.381 e. The van der Waals surface area contributed by atoms with E-state index in [0.29, 0.717) is 0 Å². The molecular weight excluding hydrogens is 162 g/mol. The number of hydrogen-bond acceptors (Lipinski definition) is 2. The van der Waals surface area contributed by atoms with Crippen molar-refractivity contribution in [1.82, 2.24) is 4.90 Å². The molecular formula is C11H19NO. The van der Waals surface area contributed by atoms with Crippen LogP contribution in [0, 0.1) is 23.7 Å². The third-order valence-corrected chi connectivity index (χ3v) is 4.23. The van der Waals surface area contributed by atoms with Gasteiger partial charge in [0.15, 0.2) is 0 Å². The summed E-state index contributed by atoms with van der Waals surface area (Å²) in [6.07, 6.45) is 0. The molecule has 0 aromatic rings. The van der Waals surface area contributed by atoms with Crippen molar-refractivity contribution in [3.8, 4) is 0 Å². The van der Waals surface area contributed by atoms with Crippen LogP contribution in [0.1, 0.15) is 13.8 Å². The maximum absolute atomic E-state index is 5.26. The fourth-order valence-corrected chi connectivity index (χ4v) is 3.20. The normalized spacial score (nSPS) is 45.0. The first-order valence-electron chi connectivity index (χ1n) is 5.59. The highest BCUT2D eigenvalue weighted by Crippen LogP contribution is 2.57. The van der Waals surface area contributed by atoms with Crippen molar-refractivity contribution in [2.75, 3.05) is 26.3 Å². The van der Waals surface area contributed by atoms with Gasteiger partial charge in [-0.15, -0.1) is 0 Å². The van der Waals surface area contributed by atoms with E-state index in [0.717, 1.165) is 42.9 Å². The smallest absolute Gasteiger partial charge is 0.0519 e. The highest BCUT2D eigenvalue weighted by molar-refractivity contribution is 5.08. The average molecular weight is 181 g/mol. The van der Waals surface area contributed by atoms with Crippen molar-refractivity contribution in [3.05, 3.63) is 0 Å². The maximum Gasteiger partial charge on any atom is 0.0519 e. The average Bonchev–Trinajstić information content (AvgIpc) is 2.51. The first-order chi connectivity index (χ1) is 6.27. The van der Waals surface area contributed by atoms with Crippen LogP contribution in [0.4, 0.5) is 0 Å². The van der Waals surface area contributed by atoms with Gasteiger partial charge < -0.3 is 9.64 Å². The number of nitrogens with zero attached hydrogens (tertiary/aromatic N) is 1. The minimum Gasteiger partial charge on any atom is -0.381 e. The number of rotatable bonds is 2. The van der Waals surface area contributed by atoms with Crippen molar-refractivity contribution in [2.45, 2.75) is 19.9 Å². The van der Waals surface area contributed by atoms with E-state index in [9.17, 15) is 0 Å². The molecule has 1 saturated carbocycles. The van der Waals surface area contributed by atoms with Crippen molar-refractivity contribution in [2.24, 2.45) is 23.7 Å². The van der Waals surface area contributed by atoms with E-state index >= 15 is 0 Å². The topological polar surface area (TPSA) is 12.5 Å². The summed E-state index contributed by atoms with van der Waals surface area (Å²) < 4.78 is 5.26. The van der Waals surface area contributed by atoms with Crippen LogP contribution in [0.25, 0.3) is 0 Å². The molecule has 0 bridgehead atoms. The van der Waals surface area contributed by atoms with Crippen LogP contribution in [0.15, 0.2) is 0 Å². The molecule has 2 atom stereocenters. The molecule has 0 N–H and O–H groups in total. The molecule has 0 aromatic carbocycles. The fourth-order valence-electron chi connectivity index (χ4n) is 3.20. The highest BCUT2D eigenvalue weighted by Gasteiger charge is 2.59. The van der Waals surface area contributed by atoms with Gasteiger partial charge in [0, 0.05) is 25.0 Å². The number of piperidine rings is 1. The van der Waals surface area contributed by atoms with Gasteiger partial charge in [0.1, 0.15) is 0 Å².